The highest BCUT2D eigenvalue weighted by Gasteiger charge is 2.27. The van der Waals surface area contributed by atoms with E-state index in [1.807, 2.05) is 41.9 Å². The summed E-state index contributed by atoms with van der Waals surface area (Å²) >= 11 is 0. The molecule has 1 saturated heterocycles. The third-order valence-corrected chi connectivity index (χ3v) is 5.58. The SMILES string of the molecule is Cc1ccn(CC(C)C(=O)N2CCc3nc(C4CCCNC4)ncc3C2)n1. The van der Waals surface area contributed by atoms with E-state index in [1.165, 1.54) is 6.42 Å². The number of aromatic nitrogens is 4. The lowest BCUT2D eigenvalue weighted by Crippen LogP contribution is -2.40. The Morgan fingerprint density at radius 1 is 1.44 bits per heavy atom. The van der Waals surface area contributed by atoms with Crippen molar-refractivity contribution in [3.8, 4) is 0 Å². The van der Waals surface area contributed by atoms with Gasteiger partial charge in [0.2, 0.25) is 5.91 Å². The lowest BCUT2D eigenvalue weighted by molar-refractivity contribution is -0.136. The maximum absolute atomic E-state index is 12.9. The summed E-state index contributed by atoms with van der Waals surface area (Å²) in [5, 5.41) is 7.82. The van der Waals surface area contributed by atoms with Gasteiger partial charge in [0.25, 0.3) is 0 Å². The molecule has 2 aliphatic heterocycles. The fourth-order valence-corrected chi connectivity index (χ4v) is 4.02. The Kier molecular flexibility index (Phi) is 5.20. The third-order valence-electron chi connectivity index (χ3n) is 5.58. The number of nitrogens with zero attached hydrogens (tertiary/aromatic N) is 5. The van der Waals surface area contributed by atoms with Crippen molar-refractivity contribution in [1.82, 2.24) is 30.0 Å². The lowest BCUT2D eigenvalue weighted by atomic mass is 9.98. The average Bonchev–Trinajstić information content (AvgIpc) is 3.11. The minimum Gasteiger partial charge on any atom is -0.338 e. The smallest absolute Gasteiger partial charge is 0.227 e. The molecular weight excluding hydrogens is 340 g/mol. The monoisotopic (exact) mass is 368 g/mol. The van der Waals surface area contributed by atoms with Gasteiger partial charge in [-0.3, -0.25) is 9.48 Å². The van der Waals surface area contributed by atoms with Gasteiger partial charge >= 0.3 is 0 Å². The molecule has 2 aromatic rings. The number of carbonyl (C=O) groups excluding carboxylic acids is 1. The van der Waals surface area contributed by atoms with E-state index in [0.717, 1.165) is 55.3 Å². The van der Waals surface area contributed by atoms with Gasteiger partial charge in [-0.15, -0.1) is 0 Å². The molecule has 2 aromatic heterocycles. The van der Waals surface area contributed by atoms with Gasteiger partial charge in [0.15, 0.2) is 0 Å². The molecule has 0 saturated carbocycles. The molecule has 0 spiro atoms. The second kappa shape index (κ2) is 7.76. The van der Waals surface area contributed by atoms with Crippen molar-refractivity contribution in [2.24, 2.45) is 5.92 Å². The van der Waals surface area contributed by atoms with Crippen LogP contribution < -0.4 is 5.32 Å². The van der Waals surface area contributed by atoms with Crippen LogP contribution in [0, 0.1) is 12.8 Å². The first-order valence-electron chi connectivity index (χ1n) is 9.94. The van der Waals surface area contributed by atoms with Crippen molar-refractivity contribution >= 4 is 5.91 Å². The summed E-state index contributed by atoms with van der Waals surface area (Å²) in [6.45, 7) is 7.95. The van der Waals surface area contributed by atoms with Crippen LogP contribution in [0.25, 0.3) is 0 Å². The summed E-state index contributed by atoms with van der Waals surface area (Å²) in [6.07, 6.45) is 7.01. The van der Waals surface area contributed by atoms with Crippen molar-refractivity contribution in [2.45, 2.75) is 52.1 Å². The Hall–Kier alpha value is -2.28. The number of hydrogen-bond acceptors (Lipinski definition) is 5. The van der Waals surface area contributed by atoms with Crippen molar-refractivity contribution in [2.75, 3.05) is 19.6 Å². The number of rotatable bonds is 4. The standard InChI is InChI=1S/C20H28N6O/c1-14(12-26-9-5-15(2)24-26)20(27)25-8-6-18-17(13-25)11-22-19(23-18)16-4-3-7-21-10-16/h5,9,11,14,16,21H,3-4,6-8,10,12-13H2,1-2H3. The fraction of sp³-hybridized carbons (Fsp3) is 0.600. The van der Waals surface area contributed by atoms with Crippen LogP contribution in [0.15, 0.2) is 18.5 Å². The second-order valence-corrected chi connectivity index (χ2v) is 7.83. The molecule has 2 atom stereocenters. The summed E-state index contributed by atoms with van der Waals surface area (Å²) in [6, 6.07) is 1.96. The Bertz CT molecular complexity index is 811. The number of carbonyl (C=O) groups is 1. The number of nitrogens with one attached hydrogen (secondary N) is 1. The first-order chi connectivity index (χ1) is 13.1. The zero-order valence-electron chi connectivity index (χ0n) is 16.2. The summed E-state index contributed by atoms with van der Waals surface area (Å²) in [7, 11) is 0. The topological polar surface area (TPSA) is 75.9 Å². The number of aryl methyl sites for hydroxylation is 1. The predicted molar refractivity (Wildman–Crippen MR) is 102 cm³/mol. The zero-order chi connectivity index (χ0) is 18.8. The number of fused-ring (bicyclic) bond motifs is 1. The molecule has 4 rings (SSSR count). The van der Waals surface area contributed by atoms with E-state index in [4.69, 9.17) is 4.98 Å². The second-order valence-electron chi connectivity index (χ2n) is 7.83. The largest absolute Gasteiger partial charge is 0.338 e. The molecule has 27 heavy (non-hydrogen) atoms. The van der Waals surface area contributed by atoms with E-state index < -0.39 is 0 Å². The Morgan fingerprint density at radius 3 is 3.07 bits per heavy atom. The molecule has 4 heterocycles. The van der Waals surface area contributed by atoms with Crippen LogP contribution in [-0.2, 0) is 24.3 Å². The molecule has 0 bridgehead atoms. The van der Waals surface area contributed by atoms with E-state index in [9.17, 15) is 4.79 Å². The van der Waals surface area contributed by atoms with Crippen LogP contribution in [0.5, 0.6) is 0 Å². The van der Waals surface area contributed by atoms with Crippen molar-refractivity contribution < 1.29 is 4.79 Å². The fourth-order valence-electron chi connectivity index (χ4n) is 4.02. The van der Waals surface area contributed by atoms with Crippen LogP contribution >= 0.6 is 0 Å². The maximum atomic E-state index is 12.9. The summed E-state index contributed by atoms with van der Waals surface area (Å²) in [4.78, 5) is 24.3. The molecule has 1 fully saturated rings. The highest BCUT2D eigenvalue weighted by atomic mass is 16.2. The van der Waals surface area contributed by atoms with Gasteiger partial charge in [-0.25, -0.2) is 9.97 Å². The summed E-state index contributed by atoms with van der Waals surface area (Å²) in [5.41, 5.74) is 3.18. The summed E-state index contributed by atoms with van der Waals surface area (Å²) in [5.74, 6) is 1.46. The van der Waals surface area contributed by atoms with Gasteiger partial charge in [-0.05, 0) is 32.4 Å². The minimum absolute atomic E-state index is 0.0978. The predicted octanol–water partition coefficient (Wildman–Crippen LogP) is 1.67. The van der Waals surface area contributed by atoms with Crippen LogP contribution in [0.4, 0.5) is 0 Å². The molecule has 7 nitrogen and oxygen atoms in total. The normalized spacial score (nSPS) is 21.0. The van der Waals surface area contributed by atoms with Crippen LogP contribution in [0.1, 0.15) is 48.5 Å². The van der Waals surface area contributed by atoms with Crippen LogP contribution in [0.2, 0.25) is 0 Å². The van der Waals surface area contributed by atoms with Gasteiger partial charge < -0.3 is 10.2 Å². The van der Waals surface area contributed by atoms with E-state index >= 15 is 0 Å². The molecule has 0 radical (unpaired) electrons. The molecule has 1 N–H and O–H groups in total. The van der Waals surface area contributed by atoms with Gasteiger partial charge in [-0.2, -0.15) is 5.10 Å². The molecule has 1 amide bonds. The number of piperidine rings is 1. The zero-order valence-corrected chi connectivity index (χ0v) is 16.2. The van der Waals surface area contributed by atoms with E-state index in [0.29, 0.717) is 19.0 Å². The highest BCUT2D eigenvalue weighted by molar-refractivity contribution is 5.78. The quantitative estimate of drug-likeness (QED) is 0.888. The Labute approximate surface area is 160 Å². The molecular formula is C20H28N6O. The van der Waals surface area contributed by atoms with E-state index in [2.05, 4.69) is 15.4 Å². The van der Waals surface area contributed by atoms with Crippen LogP contribution in [-0.4, -0.2) is 50.2 Å². The number of amides is 1. The third kappa shape index (κ3) is 4.03. The van der Waals surface area contributed by atoms with Crippen molar-refractivity contribution in [3.63, 3.8) is 0 Å². The molecule has 7 heteroatoms. The number of hydrogen-bond donors (Lipinski definition) is 1. The Morgan fingerprint density at radius 2 is 2.33 bits per heavy atom. The van der Waals surface area contributed by atoms with Crippen molar-refractivity contribution in [1.29, 1.82) is 0 Å². The minimum atomic E-state index is -0.0978. The molecule has 2 aliphatic rings. The molecule has 2 unspecified atom stereocenters. The first-order valence-corrected chi connectivity index (χ1v) is 9.94. The molecule has 144 valence electrons. The maximum Gasteiger partial charge on any atom is 0.227 e. The van der Waals surface area contributed by atoms with E-state index in [-0.39, 0.29) is 11.8 Å². The average molecular weight is 368 g/mol. The van der Waals surface area contributed by atoms with Gasteiger partial charge in [0, 0.05) is 49.9 Å². The first kappa shape index (κ1) is 18.1. The lowest BCUT2D eigenvalue weighted by Gasteiger charge is -2.31. The van der Waals surface area contributed by atoms with Crippen molar-refractivity contribution in [3.05, 3.63) is 41.2 Å². The Balaban J connectivity index is 1.40. The van der Waals surface area contributed by atoms with Gasteiger partial charge in [0.1, 0.15) is 5.82 Å². The molecule has 0 aromatic carbocycles. The van der Waals surface area contributed by atoms with Crippen LogP contribution in [0.3, 0.4) is 0 Å². The van der Waals surface area contributed by atoms with Gasteiger partial charge in [0.05, 0.1) is 23.9 Å². The highest BCUT2D eigenvalue weighted by Crippen LogP contribution is 2.24. The molecule has 0 aliphatic carbocycles. The van der Waals surface area contributed by atoms with E-state index in [1.54, 1.807) is 0 Å². The summed E-state index contributed by atoms with van der Waals surface area (Å²) < 4.78 is 1.85. The van der Waals surface area contributed by atoms with Gasteiger partial charge in [-0.1, -0.05) is 6.92 Å².